The summed E-state index contributed by atoms with van der Waals surface area (Å²) in [6.45, 7) is 5.40. The van der Waals surface area contributed by atoms with Crippen molar-refractivity contribution in [1.29, 1.82) is 0 Å². The quantitative estimate of drug-likeness (QED) is 0.625. The molecule has 0 bridgehead atoms. The van der Waals surface area contributed by atoms with Gasteiger partial charge in [-0.3, -0.25) is 4.90 Å². The SMILES string of the molecule is CC1CN(c2nc(NN)c(F)cc2F)CC(C)N1C. The number of hydrogen-bond acceptors (Lipinski definition) is 5. The Hall–Kier alpha value is -1.47. The standard InChI is InChI=1S/C12H19F2N5/c1-7-5-19(6-8(2)18(7)3)12-10(14)4-9(13)11(16-12)17-15/h4,7-8H,5-6,15H2,1-3H3,(H,16,17). The van der Waals surface area contributed by atoms with Crippen molar-refractivity contribution in [2.24, 2.45) is 5.84 Å². The second-order valence-corrected chi connectivity index (χ2v) is 5.04. The molecule has 1 aromatic heterocycles. The van der Waals surface area contributed by atoms with E-state index in [1.165, 1.54) is 0 Å². The predicted octanol–water partition coefficient (Wildman–Crippen LogP) is 1.17. The highest BCUT2D eigenvalue weighted by Crippen LogP contribution is 2.25. The van der Waals surface area contributed by atoms with E-state index in [-0.39, 0.29) is 23.7 Å². The molecular weight excluding hydrogens is 252 g/mol. The number of hydrazine groups is 1. The summed E-state index contributed by atoms with van der Waals surface area (Å²) in [7, 11) is 2.04. The maximum Gasteiger partial charge on any atom is 0.178 e. The minimum Gasteiger partial charge on any atom is -0.351 e. The molecule has 2 unspecified atom stereocenters. The zero-order valence-electron chi connectivity index (χ0n) is 11.3. The molecule has 1 aliphatic heterocycles. The van der Waals surface area contributed by atoms with Crippen molar-refractivity contribution in [3.8, 4) is 0 Å². The second kappa shape index (κ2) is 5.26. The maximum atomic E-state index is 13.9. The van der Waals surface area contributed by atoms with Gasteiger partial charge in [0, 0.05) is 31.2 Å². The number of aromatic nitrogens is 1. The normalized spacial score (nSPS) is 24.6. The van der Waals surface area contributed by atoms with Crippen molar-refractivity contribution >= 4 is 11.6 Å². The average Bonchev–Trinajstić information content (AvgIpc) is 2.35. The number of hydrogen-bond donors (Lipinski definition) is 2. The van der Waals surface area contributed by atoms with Gasteiger partial charge in [0.25, 0.3) is 0 Å². The topological polar surface area (TPSA) is 57.4 Å². The van der Waals surface area contributed by atoms with E-state index in [4.69, 9.17) is 5.84 Å². The van der Waals surface area contributed by atoms with E-state index in [9.17, 15) is 8.78 Å². The number of nitrogens with zero attached hydrogens (tertiary/aromatic N) is 3. The maximum absolute atomic E-state index is 13.9. The van der Waals surface area contributed by atoms with Crippen LogP contribution in [0.25, 0.3) is 0 Å². The van der Waals surface area contributed by atoms with Crippen LogP contribution in [0.1, 0.15) is 13.8 Å². The molecule has 2 rings (SSSR count). The summed E-state index contributed by atoms with van der Waals surface area (Å²) in [4.78, 5) is 7.98. The second-order valence-electron chi connectivity index (χ2n) is 5.04. The van der Waals surface area contributed by atoms with E-state index >= 15 is 0 Å². The lowest BCUT2D eigenvalue weighted by molar-refractivity contribution is 0.169. The number of rotatable bonds is 2. The number of anilines is 2. The summed E-state index contributed by atoms with van der Waals surface area (Å²) in [5.41, 5.74) is 2.14. The highest BCUT2D eigenvalue weighted by Gasteiger charge is 2.29. The fourth-order valence-corrected chi connectivity index (χ4v) is 2.36. The molecule has 3 N–H and O–H groups in total. The third-order valence-corrected chi connectivity index (χ3v) is 3.71. The van der Waals surface area contributed by atoms with E-state index in [2.05, 4.69) is 29.2 Å². The molecule has 19 heavy (non-hydrogen) atoms. The number of halogens is 2. The van der Waals surface area contributed by atoms with Gasteiger partial charge in [-0.2, -0.15) is 0 Å². The summed E-state index contributed by atoms with van der Waals surface area (Å²) in [6, 6.07) is 1.35. The number of likely N-dealkylation sites (N-methyl/N-ethyl adjacent to an activating group) is 1. The van der Waals surface area contributed by atoms with E-state index in [0.717, 1.165) is 6.07 Å². The van der Waals surface area contributed by atoms with Crippen LogP contribution in [0.15, 0.2) is 6.07 Å². The molecule has 0 aromatic carbocycles. The van der Waals surface area contributed by atoms with Gasteiger partial charge in [0.15, 0.2) is 23.3 Å². The van der Waals surface area contributed by atoms with Crippen molar-refractivity contribution in [3.05, 3.63) is 17.7 Å². The molecule has 2 atom stereocenters. The fraction of sp³-hybridized carbons (Fsp3) is 0.583. The van der Waals surface area contributed by atoms with E-state index in [1.807, 2.05) is 11.9 Å². The lowest BCUT2D eigenvalue weighted by atomic mass is 10.1. The van der Waals surface area contributed by atoms with Crippen LogP contribution >= 0.6 is 0 Å². The Kier molecular flexibility index (Phi) is 3.86. The first kappa shape index (κ1) is 14.0. The van der Waals surface area contributed by atoms with Crippen molar-refractivity contribution in [2.45, 2.75) is 25.9 Å². The summed E-state index contributed by atoms with van der Waals surface area (Å²) in [5, 5.41) is 0. The number of nitrogen functional groups attached to an aromatic ring is 1. The number of nitrogens with two attached hydrogens (primary N) is 1. The Morgan fingerprint density at radius 3 is 2.37 bits per heavy atom. The van der Waals surface area contributed by atoms with Crippen LogP contribution in [0.5, 0.6) is 0 Å². The minimum atomic E-state index is -0.793. The van der Waals surface area contributed by atoms with Crippen molar-refractivity contribution in [3.63, 3.8) is 0 Å². The van der Waals surface area contributed by atoms with Gasteiger partial charge >= 0.3 is 0 Å². The van der Waals surface area contributed by atoms with Gasteiger partial charge in [-0.25, -0.2) is 19.6 Å². The van der Waals surface area contributed by atoms with Crippen LogP contribution in [-0.4, -0.2) is 42.1 Å². The highest BCUT2D eigenvalue weighted by molar-refractivity contribution is 5.49. The van der Waals surface area contributed by atoms with Gasteiger partial charge in [-0.1, -0.05) is 0 Å². The van der Waals surface area contributed by atoms with Gasteiger partial charge < -0.3 is 10.3 Å². The third kappa shape index (κ3) is 2.62. The van der Waals surface area contributed by atoms with Crippen LogP contribution in [-0.2, 0) is 0 Å². The van der Waals surface area contributed by atoms with Crippen LogP contribution in [0.2, 0.25) is 0 Å². The van der Waals surface area contributed by atoms with Gasteiger partial charge in [-0.15, -0.1) is 0 Å². The van der Waals surface area contributed by atoms with E-state index in [0.29, 0.717) is 13.1 Å². The Morgan fingerprint density at radius 2 is 1.84 bits per heavy atom. The zero-order valence-corrected chi connectivity index (χ0v) is 11.3. The van der Waals surface area contributed by atoms with E-state index < -0.39 is 11.6 Å². The molecule has 0 saturated carbocycles. The van der Waals surface area contributed by atoms with Gasteiger partial charge in [0.1, 0.15) is 0 Å². The minimum absolute atomic E-state index is 0.140. The van der Waals surface area contributed by atoms with E-state index in [1.54, 1.807) is 0 Å². The van der Waals surface area contributed by atoms with Gasteiger partial charge in [-0.05, 0) is 20.9 Å². The van der Waals surface area contributed by atoms with Crippen molar-refractivity contribution in [1.82, 2.24) is 9.88 Å². The Morgan fingerprint density at radius 1 is 1.26 bits per heavy atom. The predicted molar refractivity (Wildman–Crippen MR) is 70.9 cm³/mol. The molecule has 1 fully saturated rings. The molecule has 0 spiro atoms. The first-order chi connectivity index (χ1) is 8.93. The molecule has 7 heteroatoms. The number of piperazine rings is 1. The first-order valence-electron chi connectivity index (χ1n) is 6.23. The Balaban J connectivity index is 2.31. The lowest BCUT2D eigenvalue weighted by Crippen LogP contribution is -2.55. The van der Waals surface area contributed by atoms with Crippen molar-refractivity contribution < 1.29 is 8.78 Å². The largest absolute Gasteiger partial charge is 0.351 e. The summed E-state index contributed by atoms with van der Waals surface area (Å²) in [5.74, 6) is 3.71. The molecule has 2 heterocycles. The van der Waals surface area contributed by atoms with Crippen LogP contribution in [0, 0.1) is 11.6 Å². The zero-order chi connectivity index (χ0) is 14.2. The molecule has 106 valence electrons. The van der Waals surface area contributed by atoms with Crippen LogP contribution < -0.4 is 16.2 Å². The summed E-state index contributed by atoms with van der Waals surface area (Å²) in [6.07, 6.45) is 0. The third-order valence-electron chi connectivity index (χ3n) is 3.71. The number of pyridine rings is 1. The van der Waals surface area contributed by atoms with Gasteiger partial charge in [0.05, 0.1) is 0 Å². The highest BCUT2D eigenvalue weighted by atomic mass is 19.1. The molecule has 0 amide bonds. The molecule has 1 saturated heterocycles. The summed E-state index contributed by atoms with van der Waals surface area (Å²) < 4.78 is 27.2. The lowest BCUT2D eigenvalue weighted by Gasteiger charge is -2.43. The molecule has 5 nitrogen and oxygen atoms in total. The smallest absolute Gasteiger partial charge is 0.178 e. The van der Waals surface area contributed by atoms with Gasteiger partial charge in [0.2, 0.25) is 0 Å². The first-order valence-corrected chi connectivity index (χ1v) is 6.23. The molecule has 0 radical (unpaired) electrons. The average molecular weight is 271 g/mol. The molecular formula is C12H19F2N5. The molecule has 0 aliphatic carbocycles. The Labute approximate surface area is 111 Å². The summed E-state index contributed by atoms with van der Waals surface area (Å²) >= 11 is 0. The fourth-order valence-electron chi connectivity index (χ4n) is 2.36. The molecule has 1 aliphatic rings. The monoisotopic (exact) mass is 271 g/mol. The van der Waals surface area contributed by atoms with Crippen LogP contribution in [0.4, 0.5) is 20.4 Å². The van der Waals surface area contributed by atoms with Crippen molar-refractivity contribution in [2.75, 3.05) is 30.5 Å². The number of nitrogens with one attached hydrogen (secondary N) is 1. The van der Waals surface area contributed by atoms with Crippen LogP contribution in [0.3, 0.4) is 0 Å². The molecule has 1 aromatic rings. The Bertz CT molecular complexity index is 456.